The molecule has 1 aliphatic heterocycles. The van der Waals surface area contributed by atoms with E-state index in [9.17, 15) is 18.4 Å². The maximum Gasteiger partial charge on any atom is 0.318 e. The molecule has 0 aromatic heterocycles. The van der Waals surface area contributed by atoms with Crippen LogP contribution >= 0.6 is 0 Å². The Morgan fingerprint density at radius 3 is 2.70 bits per heavy atom. The highest BCUT2D eigenvalue weighted by atomic mass is 19.3. The van der Waals surface area contributed by atoms with E-state index in [1.807, 2.05) is 6.07 Å². The molecule has 3 amide bonds. The van der Waals surface area contributed by atoms with Gasteiger partial charge in [0.2, 0.25) is 5.91 Å². The summed E-state index contributed by atoms with van der Waals surface area (Å²) in [7, 11) is 1.67. The molecule has 1 aromatic carbocycles. The van der Waals surface area contributed by atoms with E-state index in [-0.39, 0.29) is 18.5 Å². The summed E-state index contributed by atoms with van der Waals surface area (Å²) >= 11 is 0. The number of amides is 3. The van der Waals surface area contributed by atoms with Crippen LogP contribution in [0.3, 0.4) is 0 Å². The summed E-state index contributed by atoms with van der Waals surface area (Å²) in [5, 5.41) is 2.76. The lowest BCUT2D eigenvalue weighted by atomic mass is 10.1. The molecule has 0 bridgehead atoms. The topological polar surface area (TPSA) is 52.7 Å². The fraction of sp³-hybridized carbons (Fsp3) is 0.500. The van der Waals surface area contributed by atoms with Gasteiger partial charge >= 0.3 is 6.03 Å². The zero-order valence-corrected chi connectivity index (χ0v) is 13.0. The first-order valence-electron chi connectivity index (χ1n) is 7.57. The number of halogens is 2. The second-order valence-electron chi connectivity index (χ2n) is 5.72. The van der Waals surface area contributed by atoms with E-state index in [0.29, 0.717) is 19.4 Å². The molecule has 1 aliphatic rings. The Hall–Kier alpha value is -2.18. The molecule has 0 radical (unpaired) electrons. The number of rotatable bonds is 5. The van der Waals surface area contributed by atoms with Crippen molar-refractivity contribution in [3.8, 4) is 0 Å². The minimum absolute atomic E-state index is 0.0317. The van der Waals surface area contributed by atoms with Crippen molar-refractivity contribution in [3.05, 3.63) is 35.9 Å². The van der Waals surface area contributed by atoms with E-state index in [2.05, 4.69) is 5.32 Å². The third-order valence-electron chi connectivity index (χ3n) is 3.82. The lowest BCUT2D eigenvalue weighted by molar-refractivity contribution is -0.132. The number of nitrogens with one attached hydrogen (secondary N) is 1. The predicted molar refractivity (Wildman–Crippen MR) is 82.0 cm³/mol. The summed E-state index contributed by atoms with van der Waals surface area (Å²) in [6, 6.07) is 8.28. The van der Waals surface area contributed by atoms with Crippen molar-refractivity contribution in [1.29, 1.82) is 0 Å². The Labute approximate surface area is 134 Å². The molecular formula is C16H21F2N3O2. The summed E-state index contributed by atoms with van der Waals surface area (Å²) < 4.78 is 25.5. The normalized spacial score (nSPS) is 18.2. The van der Waals surface area contributed by atoms with Gasteiger partial charge in [0.1, 0.15) is 0 Å². The fourth-order valence-corrected chi connectivity index (χ4v) is 2.59. The molecule has 0 aliphatic carbocycles. The standard InChI is InChI=1S/C16H21F2N3O2/c1-20-10-13(7-8-15(20)22)19-16(23)21(11-14(17)18)9-12-5-3-2-4-6-12/h2-6,13-14H,7-11H2,1H3,(H,19,23). The Kier molecular flexibility index (Phi) is 5.90. The average Bonchev–Trinajstić information content (AvgIpc) is 2.51. The van der Waals surface area contributed by atoms with Gasteiger partial charge < -0.3 is 15.1 Å². The summed E-state index contributed by atoms with van der Waals surface area (Å²) in [5.74, 6) is 0.0317. The molecule has 0 spiro atoms. The van der Waals surface area contributed by atoms with Gasteiger partial charge in [0.15, 0.2) is 0 Å². The number of carbonyl (C=O) groups excluding carboxylic acids is 2. The van der Waals surface area contributed by atoms with Gasteiger partial charge in [0.05, 0.1) is 6.54 Å². The molecule has 1 atom stereocenters. The number of benzene rings is 1. The minimum Gasteiger partial charge on any atom is -0.344 e. The Morgan fingerprint density at radius 2 is 2.09 bits per heavy atom. The van der Waals surface area contributed by atoms with Crippen molar-refractivity contribution in [2.75, 3.05) is 20.1 Å². The highest BCUT2D eigenvalue weighted by Crippen LogP contribution is 2.12. The molecule has 1 unspecified atom stereocenters. The number of carbonyl (C=O) groups is 2. The van der Waals surface area contributed by atoms with E-state index in [1.54, 1.807) is 36.2 Å². The first-order chi connectivity index (χ1) is 11.0. The quantitative estimate of drug-likeness (QED) is 0.901. The van der Waals surface area contributed by atoms with Gasteiger partial charge in [-0.25, -0.2) is 13.6 Å². The zero-order valence-electron chi connectivity index (χ0n) is 13.0. The van der Waals surface area contributed by atoms with Gasteiger partial charge in [0.25, 0.3) is 6.43 Å². The van der Waals surface area contributed by atoms with Crippen LogP contribution in [0.25, 0.3) is 0 Å². The number of hydrogen-bond donors (Lipinski definition) is 1. The van der Waals surface area contributed by atoms with Gasteiger partial charge in [-0.15, -0.1) is 0 Å². The molecule has 1 N–H and O–H groups in total. The van der Waals surface area contributed by atoms with Crippen LogP contribution < -0.4 is 5.32 Å². The van der Waals surface area contributed by atoms with E-state index in [1.165, 1.54) is 0 Å². The molecular weight excluding hydrogens is 304 g/mol. The van der Waals surface area contributed by atoms with Crippen LogP contribution in [-0.2, 0) is 11.3 Å². The lowest BCUT2D eigenvalue weighted by Gasteiger charge is -2.32. The van der Waals surface area contributed by atoms with Crippen LogP contribution in [0.5, 0.6) is 0 Å². The second-order valence-corrected chi connectivity index (χ2v) is 5.72. The molecule has 5 nitrogen and oxygen atoms in total. The Balaban J connectivity index is 1.97. The number of piperidine rings is 1. The highest BCUT2D eigenvalue weighted by Gasteiger charge is 2.26. The third-order valence-corrected chi connectivity index (χ3v) is 3.82. The highest BCUT2D eigenvalue weighted by molar-refractivity contribution is 5.78. The van der Waals surface area contributed by atoms with Gasteiger partial charge in [0, 0.05) is 32.6 Å². The van der Waals surface area contributed by atoms with E-state index < -0.39 is 19.0 Å². The van der Waals surface area contributed by atoms with Crippen LogP contribution in [0.15, 0.2) is 30.3 Å². The molecule has 126 valence electrons. The number of alkyl halides is 2. The minimum atomic E-state index is -2.60. The van der Waals surface area contributed by atoms with Crippen molar-refractivity contribution in [3.63, 3.8) is 0 Å². The first-order valence-corrected chi connectivity index (χ1v) is 7.57. The molecule has 1 saturated heterocycles. The Bertz CT molecular complexity index is 539. The number of likely N-dealkylation sites (tertiary alicyclic amines) is 1. The zero-order chi connectivity index (χ0) is 16.8. The van der Waals surface area contributed by atoms with Crippen LogP contribution in [0.1, 0.15) is 18.4 Å². The largest absolute Gasteiger partial charge is 0.344 e. The van der Waals surface area contributed by atoms with Crippen LogP contribution in [0.2, 0.25) is 0 Å². The second kappa shape index (κ2) is 7.89. The summed E-state index contributed by atoms with van der Waals surface area (Å²) in [5.41, 5.74) is 0.791. The van der Waals surface area contributed by atoms with Gasteiger partial charge in [-0.2, -0.15) is 0 Å². The van der Waals surface area contributed by atoms with Crippen molar-refractivity contribution in [2.24, 2.45) is 0 Å². The Morgan fingerprint density at radius 1 is 1.39 bits per heavy atom. The molecule has 7 heteroatoms. The fourth-order valence-electron chi connectivity index (χ4n) is 2.59. The first kappa shape index (κ1) is 17.2. The van der Waals surface area contributed by atoms with Gasteiger partial charge in [-0.3, -0.25) is 4.79 Å². The molecule has 2 rings (SSSR count). The number of hydrogen-bond acceptors (Lipinski definition) is 2. The van der Waals surface area contributed by atoms with Crippen LogP contribution in [0.4, 0.5) is 13.6 Å². The molecule has 23 heavy (non-hydrogen) atoms. The van der Waals surface area contributed by atoms with Crippen LogP contribution in [-0.4, -0.2) is 54.3 Å². The van der Waals surface area contributed by atoms with Crippen molar-refractivity contribution < 1.29 is 18.4 Å². The molecule has 1 aromatic rings. The van der Waals surface area contributed by atoms with Crippen LogP contribution in [0, 0.1) is 0 Å². The van der Waals surface area contributed by atoms with E-state index in [4.69, 9.17) is 0 Å². The lowest BCUT2D eigenvalue weighted by Crippen LogP contribution is -2.52. The summed E-state index contributed by atoms with van der Waals surface area (Å²) in [6.07, 6.45) is -1.71. The monoisotopic (exact) mass is 325 g/mol. The summed E-state index contributed by atoms with van der Waals surface area (Å²) in [6.45, 7) is -0.0981. The third kappa shape index (κ3) is 5.19. The average molecular weight is 325 g/mol. The van der Waals surface area contributed by atoms with E-state index >= 15 is 0 Å². The van der Waals surface area contributed by atoms with Gasteiger partial charge in [-0.1, -0.05) is 30.3 Å². The molecule has 1 heterocycles. The van der Waals surface area contributed by atoms with Gasteiger partial charge in [-0.05, 0) is 12.0 Å². The summed E-state index contributed by atoms with van der Waals surface area (Å²) in [4.78, 5) is 26.4. The maximum atomic E-state index is 12.8. The molecule has 1 fully saturated rings. The van der Waals surface area contributed by atoms with E-state index in [0.717, 1.165) is 10.5 Å². The number of urea groups is 1. The SMILES string of the molecule is CN1CC(NC(=O)N(Cc2ccccc2)CC(F)F)CCC1=O. The van der Waals surface area contributed by atoms with Crippen molar-refractivity contribution in [2.45, 2.75) is 31.9 Å². The maximum absolute atomic E-state index is 12.8. The number of likely N-dealkylation sites (N-methyl/N-ethyl adjacent to an activating group) is 1. The van der Waals surface area contributed by atoms with Crippen molar-refractivity contribution >= 4 is 11.9 Å². The smallest absolute Gasteiger partial charge is 0.318 e. The number of nitrogens with zero attached hydrogens (tertiary/aromatic N) is 2. The molecule has 0 saturated carbocycles. The predicted octanol–water partition coefficient (Wildman–Crippen LogP) is 2.08. The van der Waals surface area contributed by atoms with Crippen molar-refractivity contribution in [1.82, 2.24) is 15.1 Å².